The lowest BCUT2D eigenvalue weighted by Crippen LogP contribution is -2.43. The molecule has 1 aromatic carbocycles. The molecule has 21 heavy (non-hydrogen) atoms. The normalized spacial score (nSPS) is 25.0. The highest BCUT2D eigenvalue weighted by Crippen LogP contribution is 2.27. The molecule has 2 fully saturated rings. The summed E-state index contributed by atoms with van der Waals surface area (Å²) in [6.45, 7) is 6.07. The van der Waals surface area contributed by atoms with Crippen molar-refractivity contribution >= 4 is 15.5 Å². The van der Waals surface area contributed by atoms with Gasteiger partial charge in [-0.3, -0.25) is 0 Å². The van der Waals surface area contributed by atoms with E-state index in [9.17, 15) is 8.42 Å². The molecule has 0 aliphatic carbocycles. The van der Waals surface area contributed by atoms with Crippen LogP contribution < -0.4 is 15.0 Å². The van der Waals surface area contributed by atoms with Crippen LogP contribution in [0.3, 0.4) is 0 Å². The Balaban J connectivity index is 1.69. The third-order valence-electron chi connectivity index (χ3n) is 4.12. The number of ether oxygens (including phenoxy) is 1. The summed E-state index contributed by atoms with van der Waals surface area (Å²) in [5.74, 6) is 1.19. The first kappa shape index (κ1) is 14.7. The van der Waals surface area contributed by atoms with E-state index in [1.165, 1.54) is 5.69 Å². The first-order valence-corrected chi connectivity index (χ1v) is 9.29. The van der Waals surface area contributed by atoms with Crippen LogP contribution in [0.1, 0.15) is 12.0 Å². The summed E-state index contributed by atoms with van der Waals surface area (Å²) < 4.78 is 28.8. The van der Waals surface area contributed by atoms with Crippen LogP contribution in [-0.4, -0.2) is 52.2 Å². The summed E-state index contributed by atoms with van der Waals surface area (Å²) in [5, 5.41) is 3.34. The fraction of sp³-hybridized carbons (Fsp3) is 0.600. The fourth-order valence-electron chi connectivity index (χ4n) is 2.92. The molecule has 5 nitrogen and oxygen atoms in total. The highest BCUT2D eigenvalue weighted by Gasteiger charge is 2.29. The summed E-state index contributed by atoms with van der Waals surface area (Å²) in [4.78, 5) is 2.35. The van der Waals surface area contributed by atoms with Gasteiger partial charge in [-0.05, 0) is 37.1 Å². The Morgan fingerprint density at radius 2 is 2.05 bits per heavy atom. The lowest BCUT2D eigenvalue weighted by molar-refractivity contribution is 0.227. The quantitative estimate of drug-likeness (QED) is 0.901. The van der Waals surface area contributed by atoms with Gasteiger partial charge in [0.15, 0.2) is 9.84 Å². The molecule has 2 aliphatic heterocycles. The molecule has 1 N–H and O–H groups in total. The van der Waals surface area contributed by atoms with Crippen LogP contribution in [0.25, 0.3) is 0 Å². The second-order valence-corrected chi connectivity index (χ2v) is 8.06. The van der Waals surface area contributed by atoms with Crippen LogP contribution >= 0.6 is 0 Å². The Morgan fingerprint density at radius 1 is 1.29 bits per heavy atom. The Hall–Kier alpha value is -1.27. The van der Waals surface area contributed by atoms with Gasteiger partial charge in [0.25, 0.3) is 0 Å². The maximum Gasteiger partial charge on any atom is 0.154 e. The fourth-order valence-corrected chi connectivity index (χ4v) is 4.51. The molecule has 1 unspecified atom stereocenters. The monoisotopic (exact) mass is 310 g/mol. The molecule has 2 aliphatic rings. The Labute approximate surface area is 126 Å². The zero-order valence-electron chi connectivity index (χ0n) is 12.3. The van der Waals surface area contributed by atoms with Crippen molar-refractivity contribution in [1.29, 1.82) is 0 Å². The van der Waals surface area contributed by atoms with E-state index in [0.717, 1.165) is 37.5 Å². The number of sulfone groups is 1. The molecule has 116 valence electrons. The Morgan fingerprint density at radius 3 is 2.67 bits per heavy atom. The van der Waals surface area contributed by atoms with Gasteiger partial charge in [0.05, 0.1) is 11.5 Å². The molecule has 0 aromatic heterocycles. The minimum absolute atomic E-state index is 0.145. The molecular weight excluding hydrogens is 288 g/mol. The summed E-state index contributed by atoms with van der Waals surface area (Å²) >= 11 is 0. The van der Waals surface area contributed by atoms with E-state index < -0.39 is 9.84 Å². The van der Waals surface area contributed by atoms with E-state index in [2.05, 4.69) is 22.3 Å². The van der Waals surface area contributed by atoms with Crippen molar-refractivity contribution in [3.8, 4) is 5.75 Å². The molecule has 1 atom stereocenters. The van der Waals surface area contributed by atoms with Crippen LogP contribution in [0.5, 0.6) is 5.75 Å². The second kappa shape index (κ2) is 5.85. The predicted octanol–water partition coefficient (Wildman–Crippen LogP) is 0.971. The van der Waals surface area contributed by atoms with Crippen LogP contribution in [0.15, 0.2) is 18.2 Å². The topological polar surface area (TPSA) is 58.6 Å². The molecule has 0 amide bonds. The van der Waals surface area contributed by atoms with Crippen molar-refractivity contribution in [2.24, 2.45) is 0 Å². The zero-order valence-corrected chi connectivity index (χ0v) is 13.2. The van der Waals surface area contributed by atoms with Crippen molar-refractivity contribution in [2.45, 2.75) is 19.4 Å². The molecular formula is C15H22N2O3S. The third kappa shape index (κ3) is 3.49. The van der Waals surface area contributed by atoms with Gasteiger partial charge in [-0.15, -0.1) is 0 Å². The van der Waals surface area contributed by atoms with Gasteiger partial charge >= 0.3 is 0 Å². The smallest absolute Gasteiger partial charge is 0.154 e. The number of aryl methyl sites for hydroxylation is 1. The van der Waals surface area contributed by atoms with Gasteiger partial charge in [-0.25, -0.2) is 8.42 Å². The van der Waals surface area contributed by atoms with Gasteiger partial charge in [-0.2, -0.15) is 0 Å². The largest absolute Gasteiger partial charge is 0.489 e. The molecule has 0 spiro atoms. The first-order chi connectivity index (χ1) is 10.0. The Bertz CT molecular complexity index is 609. The maximum atomic E-state index is 11.5. The van der Waals surface area contributed by atoms with Gasteiger partial charge in [0.1, 0.15) is 11.9 Å². The number of rotatable bonds is 3. The minimum Gasteiger partial charge on any atom is -0.489 e. The lowest BCUT2D eigenvalue weighted by Gasteiger charge is -2.30. The lowest BCUT2D eigenvalue weighted by atomic mass is 10.1. The number of anilines is 1. The van der Waals surface area contributed by atoms with Crippen LogP contribution in [0.4, 0.5) is 5.69 Å². The molecule has 3 rings (SSSR count). The molecule has 2 heterocycles. The van der Waals surface area contributed by atoms with E-state index in [0.29, 0.717) is 6.42 Å². The van der Waals surface area contributed by atoms with Gasteiger partial charge in [0.2, 0.25) is 0 Å². The van der Waals surface area contributed by atoms with E-state index in [4.69, 9.17) is 4.74 Å². The maximum absolute atomic E-state index is 11.5. The summed E-state index contributed by atoms with van der Waals surface area (Å²) in [7, 11) is -2.89. The molecule has 0 bridgehead atoms. The Kier molecular flexibility index (Phi) is 4.08. The number of nitrogens with zero attached hydrogens (tertiary/aromatic N) is 1. The number of benzene rings is 1. The first-order valence-electron chi connectivity index (χ1n) is 7.47. The van der Waals surface area contributed by atoms with Crippen molar-refractivity contribution in [2.75, 3.05) is 42.6 Å². The zero-order chi connectivity index (χ0) is 14.9. The minimum atomic E-state index is -2.89. The number of piperazine rings is 1. The number of hydrogen-bond donors (Lipinski definition) is 1. The summed E-state index contributed by atoms with van der Waals surface area (Å²) in [5.41, 5.74) is 2.27. The molecule has 6 heteroatoms. The van der Waals surface area contributed by atoms with Gasteiger partial charge < -0.3 is 15.0 Å². The number of nitrogens with one attached hydrogen (secondary N) is 1. The highest BCUT2D eigenvalue weighted by atomic mass is 32.2. The average Bonchev–Trinajstić information content (AvgIpc) is 2.81. The number of hydrogen-bond acceptors (Lipinski definition) is 5. The standard InChI is InChI=1S/C15H22N2O3S/c1-12-10-13(17-7-5-16-6-8-17)2-3-15(12)20-14-4-9-21(18,19)11-14/h2-3,10,14,16H,4-9,11H2,1H3. The van der Waals surface area contributed by atoms with Crippen molar-refractivity contribution < 1.29 is 13.2 Å². The van der Waals surface area contributed by atoms with Crippen LogP contribution in [0.2, 0.25) is 0 Å². The third-order valence-corrected chi connectivity index (χ3v) is 5.86. The summed E-state index contributed by atoms with van der Waals surface area (Å²) in [6, 6.07) is 6.17. The van der Waals surface area contributed by atoms with Crippen molar-refractivity contribution in [3.63, 3.8) is 0 Å². The molecule has 1 aromatic rings. The van der Waals surface area contributed by atoms with E-state index in [1.54, 1.807) is 0 Å². The highest BCUT2D eigenvalue weighted by molar-refractivity contribution is 7.91. The molecule has 2 saturated heterocycles. The van der Waals surface area contributed by atoms with Gasteiger partial charge in [-0.1, -0.05) is 0 Å². The van der Waals surface area contributed by atoms with Crippen molar-refractivity contribution in [1.82, 2.24) is 5.32 Å². The van der Waals surface area contributed by atoms with E-state index >= 15 is 0 Å². The van der Waals surface area contributed by atoms with Crippen molar-refractivity contribution in [3.05, 3.63) is 23.8 Å². The van der Waals surface area contributed by atoms with Crippen LogP contribution in [-0.2, 0) is 9.84 Å². The summed E-state index contributed by atoms with van der Waals surface area (Å²) in [6.07, 6.45) is 0.403. The SMILES string of the molecule is Cc1cc(N2CCNCC2)ccc1OC1CCS(=O)(=O)C1. The molecule has 0 radical (unpaired) electrons. The van der Waals surface area contributed by atoms with E-state index in [1.807, 2.05) is 13.0 Å². The average molecular weight is 310 g/mol. The van der Waals surface area contributed by atoms with Crippen LogP contribution in [0, 0.1) is 6.92 Å². The second-order valence-electron chi connectivity index (χ2n) is 5.83. The predicted molar refractivity (Wildman–Crippen MR) is 83.9 cm³/mol. The van der Waals surface area contributed by atoms with E-state index in [-0.39, 0.29) is 17.6 Å². The van der Waals surface area contributed by atoms with Gasteiger partial charge in [0, 0.05) is 31.9 Å². The molecule has 0 saturated carbocycles.